The highest BCUT2D eigenvalue weighted by Gasteiger charge is 2.32. The highest BCUT2D eigenvalue weighted by molar-refractivity contribution is 5.99. The number of likely N-dealkylation sites (tertiary alicyclic amines) is 1. The quantitative estimate of drug-likeness (QED) is 0.503. The van der Waals surface area contributed by atoms with Gasteiger partial charge in [-0.15, -0.1) is 0 Å². The zero-order chi connectivity index (χ0) is 18.7. The number of non-ortho nitro benzene ring substituents is 1. The fraction of sp³-hybridized carbons (Fsp3) is 0.333. The normalized spacial score (nSPS) is 16.5. The second kappa shape index (κ2) is 7.38. The summed E-state index contributed by atoms with van der Waals surface area (Å²) in [5, 5.41) is 11.2. The lowest BCUT2D eigenvalue weighted by Crippen LogP contribution is -2.31. The number of hydrogen-bond donors (Lipinski definition) is 1. The minimum atomic E-state index is -0.687. The zero-order valence-electron chi connectivity index (χ0n) is 14.3. The van der Waals surface area contributed by atoms with Crippen LogP contribution in [0.15, 0.2) is 36.5 Å². The molecule has 136 valence electrons. The monoisotopic (exact) mass is 357 g/mol. The molecule has 0 saturated carbocycles. The molecule has 1 N–H and O–H groups in total. The van der Waals surface area contributed by atoms with Crippen molar-refractivity contribution in [3.05, 3.63) is 63.5 Å². The first-order valence-electron chi connectivity index (χ1n) is 8.42. The van der Waals surface area contributed by atoms with E-state index < -0.39 is 10.9 Å². The fourth-order valence-electron chi connectivity index (χ4n) is 3.22. The highest BCUT2D eigenvalue weighted by atomic mass is 16.6. The van der Waals surface area contributed by atoms with Crippen molar-refractivity contribution < 1.29 is 19.2 Å². The molecule has 0 radical (unpaired) electrons. The van der Waals surface area contributed by atoms with Gasteiger partial charge in [-0.2, -0.15) is 0 Å². The first-order valence-corrected chi connectivity index (χ1v) is 8.42. The topological polar surface area (TPSA) is 106 Å². The molecule has 1 aliphatic heterocycles. The largest absolute Gasteiger partial charge is 0.462 e. The summed E-state index contributed by atoms with van der Waals surface area (Å²) in [6.45, 7) is 2.35. The number of aromatic nitrogens is 1. The molecule has 2 aromatic rings. The Balaban J connectivity index is 1.95. The van der Waals surface area contributed by atoms with E-state index in [0.29, 0.717) is 6.54 Å². The van der Waals surface area contributed by atoms with E-state index in [1.807, 2.05) is 12.1 Å². The Morgan fingerprint density at radius 3 is 2.77 bits per heavy atom. The number of aromatic amines is 1. The number of carbonyl (C=O) groups is 2. The lowest BCUT2D eigenvalue weighted by molar-refractivity contribution is -0.384. The first kappa shape index (κ1) is 17.7. The van der Waals surface area contributed by atoms with Gasteiger partial charge in [-0.25, -0.2) is 4.79 Å². The van der Waals surface area contributed by atoms with Crippen molar-refractivity contribution in [1.82, 2.24) is 9.88 Å². The van der Waals surface area contributed by atoms with Crippen LogP contribution in [0.25, 0.3) is 0 Å². The molecule has 0 unspecified atom stereocenters. The van der Waals surface area contributed by atoms with Crippen LogP contribution in [0.3, 0.4) is 0 Å². The number of amides is 1. The van der Waals surface area contributed by atoms with Crippen LogP contribution in [0.1, 0.15) is 52.2 Å². The van der Waals surface area contributed by atoms with Gasteiger partial charge in [0.05, 0.1) is 23.1 Å². The molecule has 1 aromatic carbocycles. The van der Waals surface area contributed by atoms with Gasteiger partial charge in [-0.1, -0.05) is 0 Å². The first-order chi connectivity index (χ1) is 12.5. The predicted molar refractivity (Wildman–Crippen MR) is 92.9 cm³/mol. The summed E-state index contributed by atoms with van der Waals surface area (Å²) in [5.41, 5.74) is 0.724. The zero-order valence-corrected chi connectivity index (χ0v) is 14.3. The Morgan fingerprint density at radius 2 is 2.12 bits per heavy atom. The third-order valence-electron chi connectivity index (χ3n) is 4.38. The number of esters is 1. The fourth-order valence-corrected chi connectivity index (χ4v) is 3.22. The lowest BCUT2D eigenvalue weighted by Gasteiger charge is -2.24. The average molecular weight is 357 g/mol. The number of nitrogens with one attached hydrogen (secondary N) is 1. The molecular formula is C18H19N3O5. The number of hydrogen-bond acceptors (Lipinski definition) is 5. The Bertz CT molecular complexity index is 831. The van der Waals surface area contributed by atoms with E-state index in [1.54, 1.807) is 18.0 Å². The predicted octanol–water partition coefficient (Wildman–Crippen LogP) is 3.08. The summed E-state index contributed by atoms with van der Waals surface area (Å²) >= 11 is 0. The number of carbonyl (C=O) groups excluding carboxylic acids is 2. The molecule has 0 bridgehead atoms. The van der Waals surface area contributed by atoms with Gasteiger partial charge in [-0.05, 0) is 38.0 Å². The molecule has 1 amide bonds. The molecule has 1 aromatic heterocycles. The third-order valence-corrected chi connectivity index (χ3v) is 4.38. The minimum Gasteiger partial charge on any atom is -0.462 e. The van der Waals surface area contributed by atoms with E-state index in [1.165, 1.54) is 12.1 Å². The minimum absolute atomic E-state index is 0.0000190. The molecule has 8 heteroatoms. The van der Waals surface area contributed by atoms with Crippen LogP contribution in [-0.4, -0.2) is 39.8 Å². The van der Waals surface area contributed by atoms with Crippen molar-refractivity contribution in [2.24, 2.45) is 0 Å². The number of nitro benzene ring substituents is 1. The summed E-state index contributed by atoms with van der Waals surface area (Å²) in [6, 6.07) is 7.35. The van der Waals surface area contributed by atoms with Crippen molar-refractivity contribution in [3.63, 3.8) is 0 Å². The molecule has 8 nitrogen and oxygen atoms in total. The Hall–Kier alpha value is -3.16. The number of nitro groups is 1. The van der Waals surface area contributed by atoms with E-state index in [-0.39, 0.29) is 35.4 Å². The lowest BCUT2D eigenvalue weighted by atomic mass is 10.1. The molecule has 1 aliphatic rings. The van der Waals surface area contributed by atoms with Crippen LogP contribution in [0.5, 0.6) is 0 Å². The Morgan fingerprint density at radius 1 is 1.35 bits per heavy atom. The second-order valence-electron chi connectivity index (χ2n) is 6.03. The van der Waals surface area contributed by atoms with Gasteiger partial charge in [0, 0.05) is 36.1 Å². The van der Waals surface area contributed by atoms with Gasteiger partial charge in [0.15, 0.2) is 0 Å². The summed E-state index contributed by atoms with van der Waals surface area (Å²) in [4.78, 5) is 40.4. The molecule has 26 heavy (non-hydrogen) atoms. The number of rotatable bonds is 5. The number of ether oxygens (including phenoxy) is 1. The SMILES string of the molecule is CCOC(=O)c1cc(C(=O)N2CCC[C@H]2c2ccc[nH]2)cc([N+](=O)[O-])c1. The highest BCUT2D eigenvalue weighted by Crippen LogP contribution is 2.33. The summed E-state index contributed by atoms with van der Waals surface area (Å²) in [7, 11) is 0. The molecule has 0 spiro atoms. The second-order valence-corrected chi connectivity index (χ2v) is 6.03. The average Bonchev–Trinajstić information content (AvgIpc) is 3.31. The van der Waals surface area contributed by atoms with Crippen LogP contribution in [0.2, 0.25) is 0 Å². The number of benzene rings is 1. The molecule has 2 heterocycles. The van der Waals surface area contributed by atoms with Crippen molar-refractivity contribution in [2.45, 2.75) is 25.8 Å². The standard InChI is InChI=1S/C18H19N3O5/c1-2-26-18(23)13-9-12(10-14(11-13)21(24)25)17(22)20-8-4-6-16(20)15-5-3-7-19-15/h3,5,7,9-11,16,19H,2,4,6,8H2,1H3/t16-/m0/s1. The van der Waals surface area contributed by atoms with Crippen molar-refractivity contribution >= 4 is 17.6 Å². The van der Waals surface area contributed by atoms with Crippen molar-refractivity contribution in [1.29, 1.82) is 0 Å². The smallest absolute Gasteiger partial charge is 0.338 e. The van der Waals surface area contributed by atoms with E-state index in [4.69, 9.17) is 4.74 Å². The molecule has 1 saturated heterocycles. The van der Waals surface area contributed by atoms with E-state index in [2.05, 4.69) is 4.98 Å². The maximum atomic E-state index is 13.0. The Labute approximate surface area is 149 Å². The van der Waals surface area contributed by atoms with Crippen LogP contribution in [-0.2, 0) is 4.74 Å². The van der Waals surface area contributed by atoms with Crippen molar-refractivity contribution in [3.8, 4) is 0 Å². The van der Waals surface area contributed by atoms with E-state index in [0.717, 1.165) is 24.6 Å². The van der Waals surface area contributed by atoms with Gasteiger partial charge in [0.2, 0.25) is 0 Å². The van der Waals surface area contributed by atoms with Gasteiger partial charge in [0.25, 0.3) is 11.6 Å². The summed E-state index contributed by atoms with van der Waals surface area (Å²) in [6.07, 6.45) is 3.45. The van der Waals surface area contributed by atoms with Gasteiger partial charge < -0.3 is 14.6 Å². The third kappa shape index (κ3) is 3.44. The van der Waals surface area contributed by atoms with Crippen LogP contribution in [0.4, 0.5) is 5.69 Å². The van der Waals surface area contributed by atoms with Gasteiger partial charge in [0.1, 0.15) is 0 Å². The van der Waals surface area contributed by atoms with Crippen LogP contribution >= 0.6 is 0 Å². The van der Waals surface area contributed by atoms with Crippen LogP contribution < -0.4 is 0 Å². The molecular weight excluding hydrogens is 338 g/mol. The number of H-pyrrole nitrogens is 1. The summed E-state index contributed by atoms with van der Waals surface area (Å²) in [5.74, 6) is -1.02. The molecule has 1 atom stereocenters. The van der Waals surface area contributed by atoms with Gasteiger partial charge in [-0.3, -0.25) is 14.9 Å². The van der Waals surface area contributed by atoms with Crippen molar-refractivity contribution in [2.75, 3.05) is 13.2 Å². The van der Waals surface area contributed by atoms with E-state index in [9.17, 15) is 19.7 Å². The maximum absolute atomic E-state index is 13.0. The van der Waals surface area contributed by atoms with E-state index >= 15 is 0 Å². The molecule has 0 aliphatic carbocycles. The molecule has 3 rings (SSSR count). The summed E-state index contributed by atoms with van der Waals surface area (Å²) < 4.78 is 4.91. The van der Waals surface area contributed by atoms with Gasteiger partial charge >= 0.3 is 5.97 Å². The van der Waals surface area contributed by atoms with Crippen LogP contribution in [0, 0.1) is 10.1 Å². The number of nitrogens with zero attached hydrogens (tertiary/aromatic N) is 2. The Kier molecular flexibility index (Phi) is 5.01. The maximum Gasteiger partial charge on any atom is 0.338 e. The molecule has 1 fully saturated rings.